The first-order valence-electron chi connectivity index (χ1n) is 8.02. The summed E-state index contributed by atoms with van der Waals surface area (Å²) >= 11 is 0. The Bertz CT molecular complexity index is 820. The average Bonchev–Trinajstić information content (AvgIpc) is 3.00. The summed E-state index contributed by atoms with van der Waals surface area (Å²) in [7, 11) is 1.55. The minimum atomic E-state index is -1.66. The number of hydrogen-bond acceptors (Lipinski definition) is 4. The van der Waals surface area contributed by atoms with Gasteiger partial charge in [-0.2, -0.15) is 10.1 Å². The molecule has 0 aliphatic carbocycles. The van der Waals surface area contributed by atoms with Crippen molar-refractivity contribution in [3.63, 3.8) is 0 Å². The Morgan fingerprint density at radius 3 is 2.56 bits per heavy atom. The topological polar surface area (TPSA) is 62.1 Å². The summed E-state index contributed by atoms with van der Waals surface area (Å²) in [4.78, 5) is 12.8. The molecule has 130 valence electrons. The smallest absolute Gasteiger partial charge is 0.279 e. The highest BCUT2D eigenvalue weighted by Crippen LogP contribution is 2.37. The number of aliphatic hydroxyl groups is 1. The number of hydrogen-bond donors (Lipinski definition) is 1. The normalized spacial score (nSPS) is 19.7. The van der Waals surface area contributed by atoms with Crippen LogP contribution >= 0.6 is 0 Å². The van der Waals surface area contributed by atoms with E-state index in [-0.39, 0.29) is 12.0 Å². The summed E-state index contributed by atoms with van der Waals surface area (Å²) < 4.78 is 19.2. The fourth-order valence-electron chi connectivity index (χ4n) is 2.86. The Kier molecular flexibility index (Phi) is 4.55. The van der Waals surface area contributed by atoms with Gasteiger partial charge in [0, 0.05) is 17.7 Å². The number of hydrazone groups is 1. The molecule has 0 aromatic heterocycles. The van der Waals surface area contributed by atoms with E-state index in [4.69, 9.17) is 4.74 Å². The summed E-state index contributed by atoms with van der Waals surface area (Å²) in [6, 6.07) is 12.4. The molecule has 2 aromatic rings. The van der Waals surface area contributed by atoms with E-state index in [1.54, 1.807) is 37.4 Å². The van der Waals surface area contributed by atoms with Crippen LogP contribution in [0.1, 0.15) is 35.7 Å². The third-order valence-corrected chi connectivity index (χ3v) is 4.30. The number of methoxy groups -OCH3 is 1. The first-order chi connectivity index (χ1) is 12.0. The molecule has 1 amide bonds. The number of amides is 1. The van der Waals surface area contributed by atoms with Crippen LogP contribution in [0.3, 0.4) is 0 Å². The summed E-state index contributed by atoms with van der Waals surface area (Å²) in [5.74, 6) is -0.696. The Balaban J connectivity index is 2.03. The fourth-order valence-corrected chi connectivity index (χ4v) is 2.86. The van der Waals surface area contributed by atoms with Gasteiger partial charge >= 0.3 is 0 Å². The predicted octanol–water partition coefficient (Wildman–Crippen LogP) is 3.29. The van der Waals surface area contributed by atoms with Crippen LogP contribution in [0.25, 0.3) is 0 Å². The molecule has 1 heterocycles. The Morgan fingerprint density at radius 2 is 1.96 bits per heavy atom. The van der Waals surface area contributed by atoms with Crippen molar-refractivity contribution < 1.29 is 19.0 Å². The fraction of sp³-hybridized carbons (Fsp3) is 0.263. The van der Waals surface area contributed by atoms with Gasteiger partial charge in [-0.25, -0.2) is 4.39 Å². The van der Waals surface area contributed by atoms with Crippen LogP contribution in [0.2, 0.25) is 0 Å². The number of rotatable bonds is 4. The van der Waals surface area contributed by atoms with Crippen LogP contribution in [0.5, 0.6) is 5.75 Å². The molecule has 0 radical (unpaired) electrons. The Morgan fingerprint density at radius 1 is 1.28 bits per heavy atom. The molecule has 0 saturated carbocycles. The zero-order valence-corrected chi connectivity index (χ0v) is 14.1. The quantitative estimate of drug-likeness (QED) is 0.927. The zero-order chi connectivity index (χ0) is 18.0. The van der Waals surface area contributed by atoms with Crippen LogP contribution in [0.15, 0.2) is 53.6 Å². The monoisotopic (exact) mass is 342 g/mol. The van der Waals surface area contributed by atoms with Gasteiger partial charge in [-0.3, -0.25) is 4.79 Å². The summed E-state index contributed by atoms with van der Waals surface area (Å²) in [6.45, 7) is 1.89. The second-order valence-electron chi connectivity index (χ2n) is 5.84. The maximum atomic E-state index is 14.0. The molecule has 0 unspecified atom stereocenters. The van der Waals surface area contributed by atoms with Crippen molar-refractivity contribution in [3.05, 3.63) is 65.5 Å². The third-order valence-electron chi connectivity index (χ3n) is 4.30. The van der Waals surface area contributed by atoms with Crippen molar-refractivity contribution in [2.24, 2.45) is 5.10 Å². The molecule has 0 fully saturated rings. The molecule has 1 N–H and O–H groups in total. The second-order valence-corrected chi connectivity index (χ2v) is 5.84. The van der Waals surface area contributed by atoms with Crippen molar-refractivity contribution in [3.8, 4) is 5.75 Å². The predicted molar refractivity (Wildman–Crippen MR) is 91.8 cm³/mol. The molecule has 0 bridgehead atoms. The highest BCUT2D eigenvalue weighted by atomic mass is 19.1. The van der Waals surface area contributed by atoms with E-state index in [1.165, 1.54) is 18.2 Å². The van der Waals surface area contributed by atoms with Gasteiger partial charge in [-0.1, -0.05) is 31.2 Å². The number of nitrogens with zero attached hydrogens (tertiary/aromatic N) is 2. The molecule has 3 rings (SSSR count). The van der Waals surface area contributed by atoms with Crippen LogP contribution in [0.4, 0.5) is 4.39 Å². The van der Waals surface area contributed by atoms with Gasteiger partial charge in [-0.15, -0.1) is 0 Å². The maximum absolute atomic E-state index is 14.0. The van der Waals surface area contributed by atoms with Crippen molar-refractivity contribution >= 4 is 11.6 Å². The molecular weight excluding hydrogens is 323 g/mol. The molecule has 25 heavy (non-hydrogen) atoms. The molecule has 2 aromatic carbocycles. The zero-order valence-electron chi connectivity index (χ0n) is 14.1. The van der Waals surface area contributed by atoms with Crippen molar-refractivity contribution in [1.29, 1.82) is 0 Å². The second kappa shape index (κ2) is 6.64. The lowest BCUT2D eigenvalue weighted by atomic mass is 9.96. The molecule has 5 nitrogen and oxygen atoms in total. The van der Waals surface area contributed by atoms with Crippen LogP contribution in [-0.4, -0.2) is 28.8 Å². The van der Waals surface area contributed by atoms with Gasteiger partial charge in [0.1, 0.15) is 11.6 Å². The summed E-state index contributed by atoms with van der Waals surface area (Å²) in [6.07, 6.45) is 0.759. The molecule has 1 aliphatic rings. The molecule has 0 spiro atoms. The minimum absolute atomic E-state index is 0.129. The van der Waals surface area contributed by atoms with Gasteiger partial charge in [0.2, 0.25) is 0 Å². The van der Waals surface area contributed by atoms with E-state index in [9.17, 15) is 14.3 Å². The van der Waals surface area contributed by atoms with E-state index >= 15 is 0 Å². The lowest BCUT2D eigenvalue weighted by Gasteiger charge is -2.31. The van der Waals surface area contributed by atoms with E-state index in [1.807, 2.05) is 6.92 Å². The van der Waals surface area contributed by atoms with Gasteiger partial charge in [0.25, 0.3) is 5.91 Å². The molecule has 6 heteroatoms. The highest BCUT2D eigenvalue weighted by molar-refractivity contribution is 5.98. The van der Waals surface area contributed by atoms with Crippen LogP contribution in [-0.2, 0) is 5.72 Å². The highest BCUT2D eigenvalue weighted by Gasteiger charge is 2.46. The number of halogens is 1. The number of benzene rings is 2. The first-order valence-corrected chi connectivity index (χ1v) is 8.02. The van der Waals surface area contributed by atoms with E-state index < -0.39 is 17.4 Å². The Hall–Kier alpha value is -2.73. The van der Waals surface area contributed by atoms with E-state index in [0.717, 1.165) is 5.01 Å². The standard InChI is InChI=1S/C19H19FN2O3/c1-3-14-12-19(24,13-8-10-15(25-2)11-9-13)22(21-14)18(23)16-6-4-5-7-17(16)20/h4-11,24H,3,12H2,1-2H3/t19-/m1/s1. The van der Waals surface area contributed by atoms with Gasteiger partial charge in [0.15, 0.2) is 5.72 Å². The average molecular weight is 342 g/mol. The summed E-state index contributed by atoms with van der Waals surface area (Å²) in [5.41, 5.74) is -0.625. The van der Waals surface area contributed by atoms with Crippen molar-refractivity contribution in [2.45, 2.75) is 25.5 Å². The third kappa shape index (κ3) is 3.00. The molecule has 0 saturated heterocycles. The largest absolute Gasteiger partial charge is 0.497 e. The Labute approximate surface area is 145 Å². The van der Waals surface area contributed by atoms with Crippen LogP contribution < -0.4 is 4.74 Å². The SMILES string of the molecule is CCC1=NN(C(=O)c2ccccc2F)[C@](O)(c2ccc(OC)cc2)C1. The molecular formula is C19H19FN2O3. The lowest BCUT2D eigenvalue weighted by Crippen LogP contribution is -2.43. The van der Waals surface area contributed by atoms with Crippen molar-refractivity contribution in [2.75, 3.05) is 7.11 Å². The summed E-state index contributed by atoms with van der Waals surface area (Å²) in [5, 5.41) is 16.5. The molecule has 1 aliphatic heterocycles. The van der Waals surface area contributed by atoms with E-state index in [0.29, 0.717) is 23.4 Å². The van der Waals surface area contributed by atoms with Gasteiger partial charge < -0.3 is 9.84 Å². The first kappa shape index (κ1) is 17.1. The number of ether oxygens (including phenoxy) is 1. The van der Waals surface area contributed by atoms with Gasteiger partial charge in [-0.05, 0) is 30.7 Å². The van der Waals surface area contributed by atoms with Crippen molar-refractivity contribution in [1.82, 2.24) is 5.01 Å². The van der Waals surface area contributed by atoms with E-state index in [2.05, 4.69) is 5.10 Å². The van der Waals surface area contributed by atoms with Gasteiger partial charge in [0.05, 0.1) is 12.7 Å². The molecule has 1 atom stereocenters. The lowest BCUT2D eigenvalue weighted by molar-refractivity contribution is -0.0767. The van der Waals surface area contributed by atoms with Crippen LogP contribution in [0, 0.1) is 5.82 Å². The minimum Gasteiger partial charge on any atom is -0.497 e. The number of carbonyl (C=O) groups excluding carboxylic acids is 1. The maximum Gasteiger partial charge on any atom is 0.279 e. The number of carbonyl (C=O) groups is 1.